The third-order valence-corrected chi connectivity index (χ3v) is 3.19. The van der Waals surface area contributed by atoms with Crippen molar-refractivity contribution in [3.8, 4) is 0 Å². The van der Waals surface area contributed by atoms with Crippen LogP contribution in [0.5, 0.6) is 0 Å². The van der Waals surface area contributed by atoms with Crippen LogP contribution < -0.4 is 0 Å². The SMILES string of the molecule is O=CC1CCCN1C1=CCCC=C1Cl. The van der Waals surface area contributed by atoms with Crippen LogP contribution in [-0.4, -0.2) is 23.8 Å². The Morgan fingerprint density at radius 2 is 2.21 bits per heavy atom. The normalized spacial score (nSPS) is 27.2. The summed E-state index contributed by atoms with van der Waals surface area (Å²) in [4.78, 5) is 13.0. The first-order chi connectivity index (χ1) is 6.83. The predicted octanol–water partition coefficient (Wildman–Crippen LogP) is 2.45. The molecule has 1 heterocycles. The minimum Gasteiger partial charge on any atom is -0.361 e. The first-order valence-corrected chi connectivity index (χ1v) is 5.49. The molecule has 14 heavy (non-hydrogen) atoms. The van der Waals surface area contributed by atoms with Crippen molar-refractivity contribution in [2.24, 2.45) is 0 Å². The molecule has 0 radical (unpaired) electrons. The summed E-state index contributed by atoms with van der Waals surface area (Å²) in [6.45, 7) is 0.958. The molecule has 3 heteroatoms. The van der Waals surface area contributed by atoms with Gasteiger partial charge in [-0.25, -0.2) is 0 Å². The lowest BCUT2D eigenvalue weighted by molar-refractivity contribution is -0.111. The Balaban J connectivity index is 2.17. The number of hydrogen-bond donors (Lipinski definition) is 0. The average Bonchev–Trinajstić information content (AvgIpc) is 2.66. The van der Waals surface area contributed by atoms with Crippen molar-refractivity contribution in [3.05, 3.63) is 22.9 Å². The van der Waals surface area contributed by atoms with Gasteiger partial charge in [0.05, 0.1) is 16.8 Å². The van der Waals surface area contributed by atoms with E-state index < -0.39 is 0 Å². The van der Waals surface area contributed by atoms with Gasteiger partial charge in [-0.3, -0.25) is 0 Å². The van der Waals surface area contributed by atoms with Crippen LogP contribution in [0.2, 0.25) is 0 Å². The van der Waals surface area contributed by atoms with Gasteiger partial charge in [0.25, 0.3) is 0 Å². The highest BCUT2D eigenvalue weighted by Crippen LogP contribution is 2.30. The molecule has 0 spiro atoms. The second-order valence-electron chi connectivity index (χ2n) is 3.76. The summed E-state index contributed by atoms with van der Waals surface area (Å²) in [6, 6.07) is 0.0431. The molecule has 1 aliphatic heterocycles. The van der Waals surface area contributed by atoms with Crippen LogP contribution in [-0.2, 0) is 4.79 Å². The summed E-state index contributed by atoms with van der Waals surface area (Å²) in [7, 11) is 0. The van der Waals surface area contributed by atoms with Crippen molar-refractivity contribution in [3.63, 3.8) is 0 Å². The molecule has 1 aliphatic carbocycles. The van der Waals surface area contributed by atoms with Crippen LogP contribution in [0.1, 0.15) is 25.7 Å². The van der Waals surface area contributed by atoms with Crippen LogP contribution in [0.4, 0.5) is 0 Å². The average molecular weight is 212 g/mol. The van der Waals surface area contributed by atoms with Crippen LogP contribution in [0.15, 0.2) is 22.9 Å². The van der Waals surface area contributed by atoms with E-state index in [0.29, 0.717) is 0 Å². The summed E-state index contributed by atoms with van der Waals surface area (Å²) in [6.07, 6.45) is 9.32. The van der Waals surface area contributed by atoms with Gasteiger partial charge in [-0.2, -0.15) is 0 Å². The third-order valence-electron chi connectivity index (χ3n) is 2.84. The van der Waals surface area contributed by atoms with Crippen LogP contribution in [0.25, 0.3) is 0 Å². The molecule has 0 aromatic rings. The molecule has 2 rings (SSSR count). The quantitative estimate of drug-likeness (QED) is 0.654. The molecule has 1 atom stereocenters. The van der Waals surface area contributed by atoms with Crippen molar-refractivity contribution < 1.29 is 4.79 Å². The van der Waals surface area contributed by atoms with E-state index in [0.717, 1.165) is 49.2 Å². The summed E-state index contributed by atoms with van der Waals surface area (Å²) in [5, 5.41) is 0.810. The van der Waals surface area contributed by atoms with Gasteiger partial charge < -0.3 is 9.69 Å². The van der Waals surface area contributed by atoms with Crippen LogP contribution in [0, 0.1) is 0 Å². The number of hydrogen-bond acceptors (Lipinski definition) is 2. The second kappa shape index (κ2) is 4.18. The van der Waals surface area contributed by atoms with Gasteiger partial charge >= 0.3 is 0 Å². The van der Waals surface area contributed by atoms with E-state index >= 15 is 0 Å². The third kappa shape index (κ3) is 1.71. The molecule has 0 bridgehead atoms. The number of nitrogens with zero attached hydrogens (tertiary/aromatic N) is 1. The fourth-order valence-corrected chi connectivity index (χ4v) is 2.41. The van der Waals surface area contributed by atoms with Crippen molar-refractivity contribution in [2.45, 2.75) is 31.7 Å². The highest BCUT2D eigenvalue weighted by molar-refractivity contribution is 6.32. The van der Waals surface area contributed by atoms with Crippen LogP contribution in [0.3, 0.4) is 0 Å². The van der Waals surface area contributed by atoms with Crippen LogP contribution >= 0.6 is 11.6 Å². The highest BCUT2D eigenvalue weighted by Gasteiger charge is 2.27. The molecule has 0 aromatic carbocycles. The van der Waals surface area contributed by atoms with Crippen molar-refractivity contribution in [1.82, 2.24) is 4.90 Å². The van der Waals surface area contributed by atoms with Gasteiger partial charge in [0.2, 0.25) is 0 Å². The summed E-state index contributed by atoms with van der Waals surface area (Å²) >= 11 is 6.12. The van der Waals surface area contributed by atoms with E-state index in [-0.39, 0.29) is 6.04 Å². The van der Waals surface area contributed by atoms with Gasteiger partial charge in [0.15, 0.2) is 0 Å². The van der Waals surface area contributed by atoms with Gasteiger partial charge in [-0.15, -0.1) is 0 Å². The lowest BCUT2D eigenvalue weighted by Gasteiger charge is -2.27. The van der Waals surface area contributed by atoms with E-state index in [9.17, 15) is 4.79 Å². The number of carbonyl (C=O) groups is 1. The smallest absolute Gasteiger partial charge is 0.142 e. The fourth-order valence-electron chi connectivity index (χ4n) is 2.12. The number of aldehydes is 1. The molecule has 2 nitrogen and oxygen atoms in total. The Morgan fingerprint density at radius 3 is 2.93 bits per heavy atom. The number of likely N-dealkylation sites (tertiary alicyclic amines) is 1. The van der Waals surface area contributed by atoms with E-state index in [1.54, 1.807) is 0 Å². The van der Waals surface area contributed by atoms with Crippen molar-refractivity contribution in [1.29, 1.82) is 0 Å². The molecular weight excluding hydrogens is 198 g/mol. The zero-order valence-electron chi connectivity index (χ0n) is 8.08. The Kier molecular flexibility index (Phi) is 2.92. The monoisotopic (exact) mass is 211 g/mol. The standard InChI is InChI=1S/C11H14ClNO/c12-10-5-1-2-6-11(10)13-7-3-4-9(13)8-14/h5-6,8-9H,1-4,7H2. The van der Waals surface area contributed by atoms with Gasteiger partial charge in [-0.05, 0) is 25.7 Å². The molecule has 0 aromatic heterocycles. The van der Waals surface area contributed by atoms with Crippen molar-refractivity contribution in [2.75, 3.05) is 6.54 Å². The largest absolute Gasteiger partial charge is 0.361 e. The summed E-state index contributed by atoms with van der Waals surface area (Å²) in [5.74, 6) is 0. The Labute approximate surface area is 89.2 Å². The first-order valence-electron chi connectivity index (χ1n) is 5.11. The molecule has 76 valence electrons. The number of rotatable bonds is 2. The number of carbonyl (C=O) groups excluding carboxylic acids is 1. The first kappa shape index (κ1) is 9.78. The predicted molar refractivity (Wildman–Crippen MR) is 57.0 cm³/mol. The topological polar surface area (TPSA) is 20.3 Å². The number of halogens is 1. The maximum Gasteiger partial charge on any atom is 0.142 e. The molecule has 0 N–H and O–H groups in total. The lowest BCUT2D eigenvalue weighted by atomic mass is 10.1. The van der Waals surface area contributed by atoms with E-state index in [4.69, 9.17) is 11.6 Å². The zero-order valence-corrected chi connectivity index (χ0v) is 8.83. The van der Waals surface area contributed by atoms with Gasteiger partial charge in [0.1, 0.15) is 6.29 Å². The zero-order chi connectivity index (χ0) is 9.97. The van der Waals surface area contributed by atoms with E-state index in [1.165, 1.54) is 0 Å². The van der Waals surface area contributed by atoms with Crippen molar-refractivity contribution >= 4 is 17.9 Å². The molecular formula is C11H14ClNO. The molecule has 1 fully saturated rings. The summed E-state index contributed by atoms with van der Waals surface area (Å²) in [5.41, 5.74) is 1.06. The molecule has 1 unspecified atom stereocenters. The minimum atomic E-state index is 0.0431. The number of allylic oxidation sites excluding steroid dienone is 3. The van der Waals surface area contributed by atoms with Gasteiger partial charge in [0, 0.05) is 6.54 Å². The Hall–Kier alpha value is -0.760. The minimum absolute atomic E-state index is 0.0431. The Bertz CT molecular complexity index is 296. The maximum absolute atomic E-state index is 10.8. The maximum atomic E-state index is 10.8. The lowest BCUT2D eigenvalue weighted by Crippen LogP contribution is -2.30. The second-order valence-corrected chi connectivity index (χ2v) is 4.17. The molecule has 2 aliphatic rings. The van der Waals surface area contributed by atoms with E-state index in [2.05, 4.69) is 11.0 Å². The Morgan fingerprint density at radius 1 is 1.43 bits per heavy atom. The summed E-state index contributed by atoms with van der Waals surface area (Å²) < 4.78 is 0. The molecule has 1 saturated heterocycles. The molecule has 0 amide bonds. The fraction of sp³-hybridized carbons (Fsp3) is 0.545. The molecule has 0 saturated carbocycles. The van der Waals surface area contributed by atoms with Gasteiger partial charge in [-0.1, -0.05) is 23.8 Å². The highest BCUT2D eigenvalue weighted by atomic mass is 35.5. The van der Waals surface area contributed by atoms with E-state index in [1.807, 2.05) is 6.08 Å².